The number of nitrogens with one attached hydrogen (secondary N) is 1. The van der Waals surface area contributed by atoms with Crippen LogP contribution in [0.4, 0.5) is 4.39 Å². The highest BCUT2D eigenvalue weighted by molar-refractivity contribution is 9.10. The fourth-order valence-electron chi connectivity index (χ4n) is 3.48. The van der Waals surface area contributed by atoms with E-state index >= 15 is 0 Å². The maximum Gasteiger partial charge on any atom is 0.275 e. The van der Waals surface area contributed by atoms with E-state index in [4.69, 9.17) is 14.2 Å². The van der Waals surface area contributed by atoms with Crippen molar-refractivity contribution in [3.05, 3.63) is 99.8 Å². The second-order valence-corrected chi connectivity index (χ2v) is 8.36. The summed E-state index contributed by atoms with van der Waals surface area (Å²) in [5.41, 5.74) is 3.98. The van der Waals surface area contributed by atoms with Gasteiger partial charge in [-0.1, -0.05) is 42.5 Å². The van der Waals surface area contributed by atoms with Gasteiger partial charge in [0.2, 0.25) is 0 Å². The van der Waals surface area contributed by atoms with Gasteiger partial charge in [-0.3, -0.25) is 4.79 Å². The van der Waals surface area contributed by atoms with E-state index in [2.05, 4.69) is 26.5 Å². The minimum atomic E-state index is -0.406. The zero-order valence-electron chi connectivity index (χ0n) is 19.0. The lowest BCUT2D eigenvalue weighted by atomic mass is 10.1. The van der Waals surface area contributed by atoms with E-state index in [1.807, 2.05) is 30.3 Å². The molecular weight excluding hydrogens is 515 g/mol. The van der Waals surface area contributed by atoms with Gasteiger partial charge in [-0.05, 0) is 57.0 Å². The van der Waals surface area contributed by atoms with Crippen molar-refractivity contribution >= 4 is 38.8 Å². The molecule has 1 N–H and O–H groups in total. The second kappa shape index (κ2) is 11.0. The lowest BCUT2D eigenvalue weighted by Gasteiger charge is -2.13. The van der Waals surface area contributed by atoms with Gasteiger partial charge in [0.15, 0.2) is 11.5 Å². The Bertz CT molecular complexity index is 1410. The third-order valence-corrected chi connectivity index (χ3v) is 5.99. The molecule has 0 heterocycles. The first kappa shape index (κ1) is 24.2. The summed E-state index contributed by atoms with van der Waals surface area (Å²) in [4.78, 5) is 12.8. The minimum absolute atomic E-state index is 0.0482. The van der Waals surface area contributed by atoms with Crippen molar-refractivity contribution in [1.29, 1.82) is 0 Å². The average molecular weight is 537 g/mol. The predicted octanol–water partition coefficient (Wildman–Crippen LogP) is 6.10. The molecule has 4 aromatic carbocycles. The Balaban J connectivity index is 1.49. The quantitative estimate of drug-likeness (QED) is 0.218. The lowest BCUT2D eigenvalue weighted by molar-refractivity contribution is 0.0952. The Kier molecular flexibility index (Phi) is 7.62. The van der Waals surface area contributed by atoms with Crippen molar-refractivity contribution < 1.29 is 23.4 Å². The van der Waals surface area contributed by atoms with Gasteiger partial charge < -0.3 is 14.2 Å². The lowest BCUT2D eigenvalue weighted by Crippen LogP contribution is -2.18. The van der Waals surface area contributed by atoms with Crippen molar-refractivity contribution in [2.24, 2.45) is 5.10 Å². The number of halogens is 2. The molecule has 0 spiro atoms. The van der Waals surface area contributed by atoms with E-state index in [0.29, 0.717) is 38.4 Å². The fraction of sp³-hybridized carbons (Fsp3) is 0.111. The molecule has 4 aromatic rings. The van der Waals surface area contributed by atoms with E-state index in [-0.39, 0.29) is 12.4 Å². The monoisotopic (exact) mass is 536 g/mol. The summed E-state index contributed by atoms with van der Waals surface area (Å²) in [6.07, 6.45) is 1.48. The molecule has 35 heavy (non-hydrogen) atoms. The maximum absolute atomic E-state index is 13.9. The standard InChI is InChI=1S/C27H22BrFN2O4/c1-33-24-12-18-8-4-3-7-17(18)11-21(24)27(32)31-30-15-20-13-25(34-2)26(14-22(20)28)35-16-19-9-5-6-10-23(19)29/h3-15H,16H2,1-2H3,(H,31,32)/b30-15-. The molecule has 0 saturated heterocycles. The highest BCUT2D eigenvalue weighted by Crippen LogP contribution is 2.33. The zero-order chi connectivity index (χ0) is 24.8. The van der Waals surface area contributed by atoms with Gasteiger partial charge in [0.25, 0.3) is 5.91 Å². The molecule has 0 radical (unpaired) electrons. The number of methoxy groups -OCH3 is 2. The molecule has 0 fully saturated rings. The summed E-state index contributed by atoms with van der Waals surface area (Å²) in [7, 11) is 3.03. The molecule has 0 aliphatic rings. The van der Waals surface area contributed by atoms with Crippen LogP contribution in [0.25, 0.3) is 10.8 Å². The van der Waals surface area contributed by atoms with Gasteiger partial charge >= 0.3 is 0 Å². The number of carbonyl (C=O) groups excluding carboxylic acids is 1. The highest BCUT2D eigenvalue weighted by Gasteiger charge is 2.14. The Morgan fingerprint density at radius 2 is 1.63 bits per heavy atom. The van der Waals surface area contributed by atoms with Crippen molar-refractivity contribution in [1.82, 2.24) is 5.43 Å². The van der Waals surface area contributed by atoms with Crippen LogP contribution in [0, 0.1) is 5.82 Å². The van der Waals surface area contributed by atoms with Gasteiger partial charge in [-0.25, -0.2) is 9.82 Å². The molecule has 0 unspecified atom stereocenters. The molecule has 0 saturated carbocycles. The van der Waals surface area contributed by atoms with Crippen LogP contribution in [-0.4, -0.2) is 26.3 Å². The Hall–Kier alpha value is -3.91. The van der Waals surface area contributed by atoms with Crippen molar-refractivity contribution in [3.63, 3.8) is 0 Å². The van der Waals surface area contributed by atoms with E-state index in [9.17, 15) is 9.18 Å². The molecule has 0 aliphatic carbocycles. The number of hydrogen-bond donors (Lipinski definition) is 1. The largest absolute Gasteiger partial charge is 0.496 e. The summed E-state index contributed by atoms with van der Waals surface area (Å²) in [6, 6.07) is 21.1. The average Bonchev–Trinajstić information content (AvgIpc) is 2.88. The fourth-order valence-corrected chi connectivity index (χ4v) is 3.90. The molecule has 1 amide bonds. The molecule has 6 nitrogen and oxygen atoms in total. The van der Waals surface area contributed by atoms with Crippen LogP contribution in [0.5, 0.6) is 17.2 Å². The number of hydrogen-bond acceptors (Lipinski definition) is 5. The van der Waals surface area contributed by atoms with E-state index in [1.165, 1.54) is 26.5 Å². The van der Waals surface area contributed by atoms with E-state index in [0.717, 1.165) is 10.8 Å². The number of nitrogens with zero attached hydrogens (tertiary/aromatic N) is 1. The minimum Gasteiger partial charge on any atom is -0.496 e. The molecule has 0 bridgehead atoms. The molecule has 4 rings (SSSR count). The molecule has 8 heteroatoms. The first-order chi connectivity index (χ1) is 17.0. The predicted molar refractivity (Wildman–Crippen MR) is 137 cm³/mol. The number of ether oxygens (including phenoxy) is 3. The normalized spacial score (nSPS) is 11.0. The van der Waals surface area contributed by atoms with Crippen molar-refractivity contribution in [2.45, 2.75) is 6.61 Å². The Labute approximate surface area is 210 Å². The van der Waals surface area contributed by atoms with Crippen LogP contribution in [0.1, 0.15) is 21.5 Å². The Morgan fingerprint density at radius 1 is 0.943 bits per heavy atom. The van der Waals surface area contributed by atoms with Gasteiger partial charge in [0.05, 0.1) is 26.0 Å². The number of rotatable bonds is 8. The number of amides is 1. The second-order valence-electron chi connectivity index (χ2n) is 7.50. The van der Waals surface area contributed by atoms with Crippen LogP contribution in [0.2, 0.25) is 0 Å². The molecule has 0 aromatic heterocycles. The SMILES string of the molecule is COc1cc(/C=N\NC(=O)c2cc3ccccc3cc2OC)c(Br)cc1OCc1ccccc1F. The van der Waals surface area contributed by atoms with E-state index < -0.39 is 5.91 Å². The summed E-state index contributed by atoms with van der Waals surface area (Å²) < 4.78 is 31.1. The van der Waals surface area contributed by atoms with E-state index in [1.54, 1.807) is 36.4 Å². The smallest absolute Gasteiger partial charge is 0.275 e. The summed E-state index contributed by atoms with van der Waals surface area (Å²) in [6.45, 7) is 0.0482. The van der Waals surface area contributed by atoms with Gasteiger partial charge in [0.1, 0.15) is 18.2 Å². The molecule has 178 valence electrons. The van der Waals surface area contributed by atoms with Gasteiger partial charge in [-0.2, -0.15) is 5.10 Å². The molecule has 0 atom stereocenters. The van der Waals surface area contributed by atoms with Crippen LogP contribution < -0.4 is 19.6 Å². The highest BCUT2D eigenvalue weighted by atomic mass is 79.9. The topological polar surface area (TPSA) is 69.2 Å². The number of benzene rings is 4. The van der Waals surface area contributed by atoms with Crippen molar-refractivity contribution in [3.8, 4) is 17.2 Å². The van der Waals surface area contributed by atoms with Crippen molar-refractivity contribution in [2.75, 3.05) is 14.2 Å². The third-order valence-electron chi connectivity index (χ3n) is 5.31. The number of hydrazone groups is 1. The first-order valence-corrected chi connectivity index (χ1v) is 11.4. The summed E-state index contributed by atoms with van der Waals surface area (Å²) >= 11 is 3.48. The summed E-state index contributed by atoms with van der Waals surface area (Å²) in [5.74, 6) is 0.582. The van der Waals surface area contributed by atoms with Crippen LogP contribution in [0.3, 0.4) is 0 Å². The Morgan fingerprint density at radius 3 is 2.34 bits per heavy atom. The number of carbonyl (C=O) groups is 1. The summed E-state index contributed by atoms with van der Waals surface area (Å²) in [5, 5.41) is 5.98. The third kappa shape index (κ3) is 5.60. The maximum atomic E-state index is 13.9. The number of fused-ring (bicyclic) bond motifs is 1. The molecule has 0 aliphatic heterocycles. The zero-order valence-corrected chi connectivity index (χ0v) is 20.6. The van der Waals surface area contributed by atoms with Crippen LogP contribution in [-0.2, 0) is 6.61 Å². The van der Waals surface area contributed by atoms with Gasteiger partial charge in [0, 0.05) is 15.6 Å². The van der Waals surface area contributed by atoms with Gasteiger partial charge in [-0.15, -0.1) is 0 Å². The van der Waals surface area contributed by atoms with Crippen LogP contribution >= 0.6 is 15.9 Å². The first-order valence-electron chi connectivity index (χ1n) is 10.6. The molecular formula is C27H22BrFN2O4. The van der Waals surface area contributed by atoms with Crippen LogP contribution in [0.15, 0.2) is 82.4 Å².